The summed E-state index contributed by atoms with van der Waals surface area (Å²) in [5.74, 6) is 0. The van der Waals surface area contributed by atoms with Crippen LogP contribution in [0.4, 0.5) is 34.1 Å². The summed E-state index contributed by atoms with van der Waals surface area (Å²) < 4.78 is 13.2. The lowest BCUT2D eigenvalue weighted by atomic mass is 10.0. The maximum absolute atomic E-state index is 6.62. The SMILES string of the molecule is Cc1ccccc1N(c1ccc2cc3c(cc2c1)oc1cc2oc4cc5cc(N(c6ccccc6C)c6ccccc6C)ccc5cc4c2cc13)c1ccccc1C. The van der Waals surface area contributed by atoms with E-state index >= 15 is 0 Å². The van der Waals surface area contributed by atoms with Gasteiger partial charge in [-0.15, -0.1) is 0 Å². The second-order valence-corrected chi connectivity index (χ2v) is 15.6. The van der Waals surface area contributed by atoms with Crippen LogP contribution in [0.25, 0.3) is 65.4 Å². The first-order valence-electron chi connectivity index (χ1n) is 19.9. The van der Waals surface area contributed by atoms with Crippen LogP contribution < -0.4 is 9.80 Å². The minimum atomic E-state index is 0.817. The summed E-state index contributed by atoms with van der Waals surface area (Å²) in [5.41, 5.74) is 15.1. The van der Waals surface area contributed by atoms with Gasteiger partial charge in [-0.05, 0) is 150 Å². The van der Waals surface area contributed by atoms with E-state index in [1.807, 2.05) is 0 Å². The number of hydrogen-bond donors (Lipinski definition) is 0. The lowest BCUT2D eigenvalue weighted by Crippen LogP contribution is -2.12. The fourth-order valence-corrected chi connectivity index (χ4v) is 8.86. The lowest BCUT2D eigenvalue weighted by Gasteiger charge is -2.28. The van der Waals surface area contributed by atoms with Crippen molar-refractivity contribution in [2.24, 2.45) is 0 Å². The van der Waals surface area contributed by atoms with Crippen LogP contribution in [-0.4, -0.2) is 0 Å². The Morgan fingerprint density at radius 3 is 0.983 bits per heavy atom. The number of rotatable bonds is 6. The van der Waals surface area contributed by atoms with Crippen molar-refractivity contribution in [1.82, 2.24) is 0 Å². The van der Waals surface area contributed by atoms with Crippen molar-refractivity contribution in [2.75, 3.05) is 9.80 Å². The van der Waals surface area contributed by atoms with Gasteiger partial charge in [-0.3, -0.25) is 0 Å². The monoisotopic (exact) mass is 748 g/mol. The molecule has 0 aliphatic rings. The molecule has 0 amide bonds. The Bertz CT molecular complexity index is 3110. The highest BCUT2D eigenvalue weighted by molar-refractivity contribution is 6.18. The molecule has 11 aromatic rings. The first kappa shape index (κ1) is 34.0. The first-order chi connectivity index (χ1) is 28.4. The van der Waals surface area contributed by atoms with Crippen molar-refractivity contribution < 1.29 is 8.83 Å². The maximum atomic E-state index is 6.62. The van der Waals surface area contributed by atoms with Crippen molar-refractivity contribution in [2.45, 2.75) is 27.7 Å². The van der Waals surface area contributed by atoms with Gasteiger partial charge in [0.25, 0.3) is 0 Å². The van der Waals surface area contributed by atoms with Gasteiger partial charge in [0.1, 0.15) is 22.3 Å². The van der Waals surface area contributed by atoms with Crippen LogP contribution in [0, 0.1) is 27.7 Å². The van der Waals surface area contributed by atoms with E-state index in [0.29, 0.717) is 0 Å². The normalized spacial score (nSPS) is 11.8. The van der Waals surface area contributed by atoms with Crippen molar-refractivity contribution in [3.63, 3.8) is 0 Å². The van der Waals surface area contributed by atoms with Crippen molar-refractivity contribution in [3.8, 4) is 0 Å². The third-order valence-electron chi connectivity index (χ3n) is 11.9. The fourth-order valence-electron chi connectivity index (χ4n) is 8.86. The molecule has 0 bridgehead atoms. The predicted octanol–water partition coefficient (Wildman–Crippen LogP) is 16.0. The highest BCUT2D eigenvalue weighted by Gasteiger charge is 2.20. The van der Waals surface area contributed by atoms with Crippen LogP contribution >= 0.6 is 0 Å². The van der Waals surface area contributed by atoms with E-state index in [2.05, 4.69) is 207 Å². The van der Waals surface area contributed by atoms with Gasteiger partial charge in [-0.1, -0.05) is 84.9 Å². The zero-order valence-electron chi connectivity index (χ0n) is 32.9. The third kappa shape index (κ3) is 5.44. The van der Waals surface area contributed by atoms with Crippen molar-refractivity contribution in [3.05, 3.63) is 192 Å². The van der Waals surface area contributed by atoms with Crippen molar-refractivity contribution in [1.29, 1.82) is 0 Å². The largest absolute Gasteiger partial charge is 0.456 e. The molecule has 0 aliphatic carbocycles. The molecule has 0 radical (unpaired) electrons. The number of anilines is 6. The first-order valence-corrected chi connectivity index (χ1v) is 19.9. The van der Waals surface area contributed by atoms with Gasteiger partial charge in [0.2, 0.25) is 0 Å². The van der Waals surface area contributed by atoms with Crippen LogP contribution in [0.5, 0.6) is 0 Å². The summed E-state index contributed by atoms with van der Waals surface area (Å²) in [5, 5.41) is 8.94. The second kappa shape index (κ2) is 13.1. The van der Waals surface area contributed by atoms with Crippen LogP contribution in [-0.2, 0) is 0 Å². The van der Waals surface area contributed by atoms with Gasteiger partial charge in [0.05, 0.1) is 0 Å². The molecule has 0 aliphatic heterocycles. The molecule has 0 spiro atoms. The number of aryl methyl sites for hydroxylation is 4. The fraction of sp³-hybridized carbons (Fsp3) is 0.0741. The Morgan fingerprint density at radius 1 is 0.293 bits per heavy atom. The van der Waals surface area contributed by atoms with E-state index in [1.54, 1.807) is 0 Å². The number of furan rings is 2. The van der Waals surface area contributed by atoms with Crippen LogP contribution in [0.3, 0.4) is 0 Å². The van der Waals surface area contributed by atoms with Crippen LogP contribution in [0.15, 0.2) is 179 Å². The molecule has 0 saturated heterocycles. The summed E-state index contributed by atoms with van der Waals surface area (Å²) >= 11 is 0. The van der Waals surface area contributed by atoms with E-state index < -0.39 is 0 Å². The second-order valence-electron chi connectivity index (χ2n) is 15.6. The Morgan fingerprint density at radius 2 is 0.621 bits per heavy atom. The number of benzene rings is 9. The van der Waals surface area contributed by atoms with Crippen LogP contribution in [0.2, 0.25) is 0 Å². The quantitative estimate of drug-likeness (QED) is 0.170. The smallest absolute Gasteiger partial charge is 0.139 e. The molecule has 9 aromatic carbocycles. The molecule has 4 nitrogen and oxygen atoms in total. The highest BCUT2D eigenvalue weighted by atomic mass is 16.3. The number of nitrogens with zero attached hydrogens (tertiary/aromatic N) is 2. The van der Waals surface area contributed by atoms with Crippen LogP contribution in [0.1, 0.15) is 22.3 Å². The topological polar surface area (TPSA) is 32.8 Å². The molecule has 278 valence electrons. The van der Waals surface area contributed by atoms with Gasteiger partial charge in [-0.2, -0.15) is 0 Å². The molecule has 0 fully saturated rings. The molecular weight excluding hydrogens is 709 g/mol. The minimum absolute atomic E-state index is 0.817. The highest BCUT2D eigenvalue weighted by Crippen LogP contribution is 2.44. The average Bonchev–Trinajstić information content (AvgIpc) is 3.76. The zero-order chi connectivity index (χ0) is 39.1. The summed E-state index contributed by atoms with van der Waals surface area (Å²) in [6.45, 7) is 8.69. The Kier molecular flexibility index (Phi) is 7.70. The Balaban J connectivity index is 1.02. The molecule has 0 unspecified atom stereocenters. The van der Waals surface area contributed by atoms with Gasteiger partial charge in [0, 0.05) is 61.7 Å². The summed E-state index contributed by atoms with van der Waals surface area (Å²) in [4.78, 5) is 4.72. The molecular formula is C54H40N2O2. The molecule has 0 saturated carbocycles. The molecule has 4 heteroatoms. The summed E-state index contributed by atoms with van der Waals surface area (Å²) in [6, 6.07) is 61.0. The van der Waals surface area contributed by atoms with Gasteiger partial charge >= 0.3 is 0 Å². The lowest BCUT2D eigenvalue weighted by molar-refractivity contribution is 0.656. The molecule has 0 atom stereocenters. The summed E-state index contributed by atoms with van der Waals surface area (Å²) in [6.07, 6.45) is 0. The Hall–Kier alpha value is -7.30. The average molecular weight is 749 g/mol. The summed E-state index contributed by atoms with van der Waals surface area (Å²) in [7, 11) is 0. The minimum Gasteiger partial charge on any atom is -0.456 e. The van der Waals surface area contributed by atoms with E-state index in [4.69, 9.17) is 8.83 Å². The molecule has 2 aromatic heterocycles. The molecule has 2 heterocycles. The Labute approximate surface area is 336 Å². The third-order valence-corrected chi connectivity index (χ3v) is 11.9. The maximum Gasteiger partial charge on any atom is 0.139 e. The number of para-hydroxylation sites is 4. The number of hydrogen-bond acceptors (Lipinski definition) is 4. The molecule has 58 heavy (non-hydrogen) atoms. The molecule has 0 N–H and O–H groups in total. The number of fused-ring (bicyclic) bond motifs is 8. The zero-order valence-corrected chi connectivity index (χ0v) is 32.9. The van der Waals surface area contributed by atoms with Gasteiger partial charge in [-0.25, -0.2) is 0 Å². The van der Waals surface area contributed by atoms with E-state index in [0.717, 1.165) is 99.5 Å². The van der Waals surface area contributed by atoms with Gasteiger partial charge < -0.3 is 18.6 Å². The van der Waals surface area contributed by atoms with E-state index in [-0.39, 0.29) is 0 Å². The van der Waals surface area contributed by atoms with Gasteiger partial charge in [0.15, 0.2) is 0 Å². The van der Waals surface area contributed by atoms with E-state index in [1.165, 1.54) is 22.3 Å². The van der Waals surface area contributed by atoms with Crippen molar-refractivity contribution >= 4 is 99.5 Å². The molecule has 11 rings (SSSR count). The standard InChI is InChI=1S/C54H40N2O2/c1-33-13-5-9-17-47(33)55(48-18-10-6-14-34(48)2)41-23-21-37-27-43-45-31-46-44-28-38-22-24-42(56(49-19-11-7-15-35(49)3)50-20-12-8-16-36(50)4)26-40(38)30-52(44)58-54(46)32-53(45)57-51(43)29-39(37)25-41/h5-32H,1-4H3. The predicted molar refractivity (Wildman–Crippen MR) is 244 cm³/mol. The van der Waals surface area contributed by atoms with E-state index in [9.17, 15) is 0 Å².